The van der Waals surface area contributed by atoms with Gasteiger partial charge in [-0.25, -0.2) is 0 Å². The monoisotopic (exact) mass is 1170 g/mol. The predicted octanol–water partition coefficient (Wildman–Crippen LogP) is 19.2. The Morgan fingerprint density at radius 2 is 0.371 bits per heavy atom. The van der Waals surface area contributed by atoms with E-state index in [1.54, 1.807) is 12.1 Å². The molecule has 89 heavy (non-hydrogen) atoms. The molecule has 448 valence electrons. The molecule has 0 aliphatic rings. The maximum absolute atomic E-state index is 13.8. The minimum absolute atomic E-state index is 0.0309. The summed E-state index contributed by atoms with van der Waals surface area (Å²) >= 11 is 0. The molecule has 0 aromatic heterocycles. The van der Waals surface area contributed by atoms with Gasteiger partial charge in [0.25, 0.3) is 0 Å². The second-order valence-corrected chi connectivity index (χ2v) is 23.6. The number of rotatable bonds is 21. The fourth-order valence-electron chi connectivity index (χ4n) is 13.5. The summed E-state index contributed by atoms with van der Waals surface area (Å²) in [6, 6.07) is 78.3. The molecule has 0 radical (unpaired) electrons. The fraction of sp³-hybridized carbons (Fsp3) is 0.205. The zero-order valence-electron chi connectivity index (χ0n) is 51.8. The van der Waals surface area contributed by atoms with Crippen molar-refractivity contribution in [1.29, 1.82) is 0 Å². The second-order valence-electron chi connectivity index (χ2n) is 23.6. The Balaban J connectivity index is 1.16. The highest BCUT2D eigenvalue weighted by Crippen LogP contribution is 2.54. The Kier molecular flexibility index (Phi) is 18.5. The van der Waals surface area contributed by atoms with Crippen molar-refractivity contribution in [3.8, 4) is 34.5 Å². The summed E-state index contributed by atoms with van der Waals surface area (Å²) in [7, 11) is 0. The van der Waals surface area contributed by atoms with E-state index in [4.69, 9.17) is 0 Å². The molecular weight excluding hydrogens is 1090 g/mol. The SMILES string of the molecule is CCc1ccc(O)c(C(c2ccccc2)c2cc(CC)cc(C(c3ccccc3)c3cc(CC)cc(C(c4ccccc4)c4cc(CC)cc(C(c5ccccc5)c5cc(CC)cc(C(c6ccccc6)c6cc(CC)ccc6O)c5O)c4O)c3O)c2O)c1. The van der Waals surface area contributed by atoms with Crippen LogP contribution in [0, 0.1) is 0 Å². The van der Waals surface area contributed by atoms with Crippen LogP contribution in [0.4, 0.5) is 0 Å². The van der Waals surface area contributed by atoms with Crippen molar-refractivity contribution >= 4 is 0 Å². The molecule has 6 N–H and O–H groups in total. The van der Waals surface area contributed by atoms with Crippen LogP contribution in [0.25, 0.3) is 0 Å². The zero-order valence-corrected chi connectivity index (χ0v) is 51.8. The van der Waals surface area contributed by atoms with Crippen LogP contribution in [-0.4, -0.2) is 30.6 Å². The molecule has 11 rings (SSSR count). The van der Waals surface area contributed by atoms with Crippen LogP contribution in [0.1, 0.15) is 188 Å². The van der Waals surface area contributed by atoms with Gasteiger partial charge < -0.3 is 30.6 Å². The first kappa shape index (κ1) is 60.9. The molecule has 6 heteroatoms. The lowest BCUT2D eigenvalue weighted by molar-refractivity contribution is 0.444. The molecule has 0 aliphatic carbocycles. The van der Waals surface area contributed by atoms with Gasteiger partial charge in [0.1, 0.15) is 34.5 Å². The minimum Gasteiger partial charge on any atom is -0.508 e. The van der Waals surface area contributed by atoms with Crippen molar-refractivity contribution in [3.63, 3.8) is 0 Å². The van der Waals surface area contributed by atoms with Crippen molar-refractivity contribution < 1.29 is 30.6 Å². The second kappa shape index (κ2) is 27.1. The van der Waals surface area contributed by atoms with E-state index >= 15 is 0 Å². The van der Waals surface area contributed by atoms with E-state index in [9.17, 15) is 30.6 Å². The maximum Gasteiger partial charge on any atom is 0.123 e. The van der Waals surface area contributed by atoms with Crippen LogP contribution in [0.15, 0.2) is 237 Å². The van der Waals surface area contributed by atoms with Crippen LogP contribution < -0.4 is 0 Å². The molecule has 0 aliphatic heterocycles. The van der Waals surface area contributed by atoms with Gasteiger partial charge in [-0.15, -0.1) is 0 Å². The Morgan fingerprint density at radius 3 is 0.551 bits per heavy atom. The van der Waals surface area contributed by atoms with Crippen LogP contribution in [0.5, 0.6) is 34.5 Å². The van der Waals surface area contributed by atoms with Crippen molar-refractivity contribution in [1.82, 2.24) is 0 Å². The molecule has 0 saturated carbocycles. The van der Waals surface area contributed by atoms with E-state index in [2.05, 4.69) is 102 Å². The van der Waals surface area contributed by atoms with Gasteiger partial charge in [-0.1, -0.05) is 266 Å². The summed E-state index contributed by atoms with van der Waals surface area (Å²) in [6.07, 6.45) is 4.05. The van der Waals surface area contributed by atoms with Crippen molar-refractivity contribution in [2.45, 2.75) is 110 Å². The molecule has 0 amide bonds. The van der Waals surface area contributed by atoms with Crippen molar-refractivity contribution in [2.24, 2.45) is 0 Å². The summed E-state index contributed by atoms with van der Waals surface area (Å²) < 4.78 is 0. The first-order valence-corrected chi connectivity index (χ1v) is 31.7. The average molecular weight is 1170 g/mol. The van der Waals surface area contributed by atoms with Gasteiger partial charge in [0.05, 0.1) is 0 Å². The molecule has 0 heterocycles. The van der Waals surface area contributed by atoms with Crippen LogP contribution in [0.2, 0.25) is 0 Å². The molecular formula is C83H80O6. The highest BCUT2D eigenvalue weighted by atomic mass is 16.3. The van der Waals surface area contributed by atoms with Gasteiger partial charge in [-0.3, -0.25) is 0 Å². The van der Waals surface area contributed by atoms with Crippen LogP contribution >= 0.6 is 0 Å². The third-order valence-electron chi connectivity index (χ3n) is 18.3. The largest absolute Gasteiger partial charge is 0.508 e. The summed E-state index contributed by atoms with van der Waals surface area (Å²) in [4.78, 5) is 0. The smallest absolute Gasteiger partial charge is 0.123 e. The van der Waals surface area contributed by atoms with E-state index in [1.807, 2.05) is 164 Å². The van der Waals surface area contributed by atoms with Gasteiger partial charge in [0.2, 0.25) is 0 Å². The quantitative estimate of drug-likeness (QED) is 0.0399. The number of phenols is 6. The molecule has 0 fully saturated rings. The number of hydrogen-bond acceptors (Lipinski definition) is 6. The molecule has 4 atom stereocenters. The van der Waals surface area contributed by atoms with Gasteiger partial charge >= 0.3 is 0 Å². The van der Waals surface area contributed by atoms with E-state index in [0.29, 0.717) is 81.3 Å². The summed E-state index contributed by atoms with van der Waals surface area (Å²) in [5.41, 5.74) is 16.7. The number of benzene rings is 11. The van der Waals surface area contributed by atoms with Gasteiger partial charge in [-0.2, -0.15) is 0 Å². The van der Waals surface area contributed by atoms with Gasteiger partial charge in [0, 0.05) is 85.2 Å². The molecule has 0 bridgehead atoms. The lowest BCUT2D eigenvalue weighted by Gasteiger charge is -2.30. The zero-order chi connectivity index (χ0) is 62.3. The number of aromatic hydroxyl groups is 6. The number of aryl methyl sites for hydroxylation is 6. The third kappa shape index (κ3) is 12.3. The van der Waals surface area contributed by atoms with E-state index < -0.39 is 29.6 Å². The summed E-state index contributed by atoms with van der Waals surface area (Å²) in [5.74, 6) is -2.74. The molecule has 4 unspecified atom stereocenters. The minimum atomic E-state index is -0.732. The topological polar surface area (TPSA) is 121 Å². The van der Waals surface area contributed by atoms with E-state index in [1.165, 1.54) is 0 Å². The number of phenolic OH excluding ortho intramolecular Hbond substituents is 6. The Morgan fingerprint density at radius 1 is 0.202 bits per heavy atom. The molecule has 6 nitrogen and oxygen atoms in total. The summed E-state index contributed by atoms with van der Waals surface area (Å²) in [5, 5.41) is 77.8. The van der Waals surface area contributed by atoms with Gasteiger partial charge in [0.15, 0.2) is 0 Å². The highest BCUT2D eigenvalue weighted by Gasteiger charge is 2.36. The number of hydrogen-bond donors (Lipinski definition) is 6. The predicted molar refractivity (Wildman–Crippen MR) is 362 cm³/mol. The van der Waals surface area contributed by atoms with Crippen LogP contribution in [-0.2, 0) is 38.5 Å². The van der Waals surface area contributed by atoms with E-state index in [0.717, 1.165) is 74.0 Å². The Hall–Kier alpha value is -9.78. The average Bonchev–Trinajstić information content (AvgIpc) is 1.08. The lowest BCUT2D eigenvalue weighted by Crippen LogP contribution is -2.13. The van der Waals surface area contributed by atoms with Crippen LogP contribution in [0.3, 0.4) is 0 Å². The Bertz CT molecular complexity index is 3980. The lowest BCUT2D eigenvalue weighted by atomic mass is 9.74. The van der Waals surface area contributed by atoms with Gasteiger partial charge in [-0.05, 0) is 112 Å². The van der Waals surface area contributed by atoms with Crippen molar-refractivity contribution in [2.75, 3.05) is 0 Å². The standard InChI is InChI=1S/C83H80O6/c1-7-52-38-40-73(84)63(42-52)75(58-28-18-13-19-29-58)65-44-54(9-3)46-67(80(65)86)77(60-32-22-15-23-33-60)69-48-56(11-5)50-71(82(69)88)79(62-36-26-17-27-37-62)72-51-57(12-6)49-70(83(72)89)78(61-34-24-16-25-35-61)68-47-55(10-4)45-66(81(68)87)76(59-30-20-14-21-31-59)64-43-53(8-2)39-41-74(64)85/h13-51,75-79,84-89H,7-12H2,1-6H3. The maximum atomic E-state index is 13.8. The highest BCUT2D eigenvalue weighted by molar-refractivity contribution is 5.68. The fourth-order valence-corrected chi connectivity index (χ4v) is 13.5. The van der Waals surface area contributed by atoms with Crippen molar-refractivity contribution in [3.05, 3.63) is 353 Å². The third-order valence-corrected chi connectivity index (χ3v) is 18.3. The normalized spacial score (nSPS) is 13.1. The first-order chi connectivity index (χ1) is 43.4. The molecule has 0 saturated heterocycles. The summed E-state index contributed by atoms with van der Waals surface area (Å²) in [6.45, 7) is 12.6. The molecule has 11 aromatic rings. The molecule has 11 aromatic carbocycles. The first-order valence-electron chi connectivity index (χ1n) is 31.7. The molecule has 0 spiro atoms. The Labute approximate surface area is 525 Å². The van der Waals surface area contributed by atoms with E-state index in [-0.39, 0.29) is 34.5 Å².